The van der Waals surface area contributed by atoms with Gasteiger partial charge in [-0.05, 0) is 0 Å². The number of carbonyl (C=O) groups excluding carboxylic acids is 1. The quantitative estimate of drug-likeness (QED) is 0.255. The molecule has 0 aliphatic rings. The fraction of sp³-hybridized carbons (Fsp3) is 0.833. The summed E-state index contributed by atoms with van der Waals surface area (Å²) < 4.78 is 26.5. The molecular weight excluding hydrogens is 250 g/mol. The lowest BCUT2D eigenvalue weighted by atomic mass is 10.1. The second kappa shape index (κ2) is 6.36. The van der Waals surface area contributed by atoms with Crippen LogP contribution < -0.4 is 0 Å². The zero-order chi connectivity index (χ0) is 12.9. The number of aliphatic hydroxyl groups excluding tert-OH is 3. The van der Waals surface area contributed by atoms with Crippen LogP contribution in [0.15, 0.2) is 0 Å². The molecule has 0 aliphatic carbocycles. The topological polar surface area (TPSA) is 145 Å². The van der Waals surface area contributed by atoms with E-state index in [-0.39, 0.29) is 6.29 Å². The second-order valence-corrected chi connectivity index (χ2v) is 4.15. The predicted octanol–water partition coefficient (Wildman–Crippen LogP) is -2.28. The molecule has 0 aliphatic heterocycles. The molecule has 0 aromatic carbocycles. The first-order chi connectivity index (χ1) is 7.19. The zero-order valence-electron chi connectivity index (χ0n) is 7.88. The van der Waals surface area contributed by atoms with Gasteiger partial charge in [0, 0.05) is 0 Å². The van der Waals surface area contributed by atoms with Crippen molar-refractivity contribution < 1.29 is 43.4 Å². The van der Waals surface area contributed by atoms with E-state index in [0.29, 0.717) is 0 Å². The third kappa shape index (κ3) is 5.61. The number of phosphoric ester groups is 1. The third-order valence-corrected chi connectivity index (χ3v) is 2.10. The number of hydrogen-bond donors (Lipinski definition) is 5. The summed E-state index contributed by atoms with van der Waals surface area (Å²) in [6.45, 7) is -1.02. The molecule has 96 valence electrons. The van der Waals surface area contributed by atoms with Gasteiger partial charge >= 0.3 is 7.82 Å². The van der Waals surface area contributed by atoms with Gasteiger partial charge in [0.25, 0.3) is 0 Å². The van der Waals surface area contributed by atoms with Crippen molar-refractivity contribution in [1.29, 1.82) is 0 Å². The van der Waals surface area contributed by atoms with Crippen LogP contribution in [-0.4, -0.2) is 62.5 Å². The number of rotatable bonds is 7. The van der Waals surface area contributed by atoms with Gasteiger partial charge in [0.1, 0.15) is 18.3 Å². The van der Waals surface area contributed by atoms with Crippen LogP contribution >= 0.6 is 7.82 Å². The van der Waals surface area contributed by atoms with Gasteiger partial charge < -0.3 is 29.9 Å². The van der Waals surface area contributed by atoms with Crippen molar-refractivity contribution in [3.8, 4) is 0 Å². The van der Waals surface area contributed by atoms with Crippen molar-refractivity contribution in [3.05, 3.63) is 0 Å². The standard InChI is InChI=1S/C6H12FO8P/c7-3(1-8)5(10)6(11)4(9)2-15-16(12,13)14/h1,3-6,9-11H,2H2,(H2,12,13,14)/t3-,4+,5+,6+/m0/s1. The Kier molecular flexibility index (Phi) is 6.19. The summed E-state index contributed by atoms with van der Waals surface area (Å²) in [6, 6.07) is 0. The fourth-order valence-electron chi connectivity index (χ4n) is 0.769. The van der Waals surface area contributed by atoms with E-state index >= 15 is 0 Å². The van der Waals surface area contributed by atoms with E-state index < -0.39 is 38.9 Å². The number of aliphatic hydroxyl groups is 3. The SMILES string of the molecule is O=C[C@H](F)[C@@H](O)[C@H](O)[C@H](O)COP(=O)(O)O. The van der Waals surface area contributed by atoms with E-state index in [1.807, 2.05) is 0 Å². The largest absolute Gasteiger partial charge is 0.469 e. The summed E-state index contributed by atoms with van der Waals surface area (Å²) >= 11 is 0. The van der Waals surface area contributed by atoms with Crippen molar-refractivity contribution in [2.75, 3.05) is 6.61 Å². The number of aldehydes is 1. The molecule has 8 nitrogen and oxygen atoms in total. The van der Waals surface area contributed by atoms with Crippen LogP contribution in [0.1, 0.15) is 0 Å². The molecule has 16 heavy (non-hydrogen) atoms. The Morgan fingerprint density at radius 3 is 2.12 bits per heavy atom. The summed E-state index contributed by atoms with van der Waals surface area (Å²) in [5.74, 6) is 0. The molecule has 10 heteroatoms. The van der Waals surface area contributed by atoms with E-state index in [4.69, 9.17) is 25.1 Å². The minimum atomic E-state index is -4.84. The van der Waals surface area contributed by atoms with Gasteiger partial charge in [0.05, 0.1) is 6.61 Å². The van der Waals surface area contributed by atoms with Gasteiger partial charge in [-0.1, -0.05) is 0 Å². The second-order valence-electron chi connectivity index (χ2n) is 2.92. The average Bonchev–Trinajstić information content (AvgIpc) is 2.21. The molecule has 0 rings (SSSR count). The maximum Gasteiger partial charge on any atom is 0.469 e. The first-order valence-corrected chi connectivity index (χ1v) is 5.55. The van der Waals surface area contributed by atoms with Gasteiger partial charge in [-0.15, -0.1) is 0 Å². The summed E-state index contributed by atoms with van der Waals surface area (Å²) in [5, 5.41) is 27.0. The Hall–Kier alpha value is -0.410. The van der Waals surface area contributed by atoms with Crippen LogP contribution in [-0.2, 0) is 13.9 Å². The van der Waals surface area contributed by atoms with Crippen molar-refractivity contribution in [2.24, 2.45) is 0 Å². The van der Waals surface area contributed by atoms with E-state index in [1.54, 1.807) is 0 Å². The van der Waals surface area contributed by atoms with Crippen LogP contribution in [0.5, 0.6) is 0 Å². The predicted molar refractivity (Wildman–Crippen MR) is 47.0 cm³/mol. The van der Waals surface area contributed by atoms with Crippen molar-refractivity contribution >= 4 is 14.1 Å². The molecule has 0 bridgehead atoms. The third-order valence-electron chi connectivity index (χ3n) is 1.61. The van der Waals surface area contributed by atoms with Crippen molar-refractivity contribution in [1.82, 2.24) is 0 Å². The van der Waals surface area contributed by atoms with Crippen LogP contribution in [0.3, 0.4) is 0 Å². The lowest BCUT2D eigenvalue weighted by Crippen LogP contribution is -2.45. The molecular formula is C6H12FO8P. The summed E-state index contributed by atoms with van der Waals surface area (Å²) in [4.78, 5) is 26.4. The minimum Gasteiger partial charge on any atom is -0.388 e. The molecule has 0 unspecified atom stereocenters. The average molecular weight is 262 g/mol. The highest BCUT2D eigenvalue weighted by atomic mass is 31.2. The Labute approximate surface area is 89.5 Å². The summed E-state index contributed by atoms with van der Waals surface area (Å²) in [5.41, 5.74) is 0. The van der Waals surface area contributed by atoms with Gasteiger partial charge in [-0.2, -0.15) is 0 Å². The molecule has 0 aromatic rings. The lowest BCUT2D eigenvalue weighted by Gasteiger charge is -2.23. The fourth-order valence-corrected chi connectivity index (χ4v) is 1.12. The maximum atomic E-state index is 12.5. The van der Waals surface area contributed by atoms with Crippen molar-refractivity contribution in [2.45, 2.75) is 24.5 Å². The van der Waals surface area contributed by atoms with Gasteiger partial charge in [-0.25, -0.2) is 8.96 Å². The Balaban J connectivity index is 4.22. The van der Waals surface area contributed by atoms with E-state index in [2.05, 4.69) is 4.52 Å². The van der Waals surface area contributed by atoms with Gasteiger partial charge in [0.2, 0.25) is 0 Å². The van der Waals surface area contributed by atoms with Gasteiger partial charge in [-0.3, -0.25) is 4.52 Å². The molecule has 0 saturated carbocycles. The summed E-state index contributed by atoms with van der Waals surface area (Å²) in [6.07, 6.45) is -8.95. The van der Waals surface area contributed by atoms with Crippen LogP contribution in [0, 0.1) is 0 Å². The molecule has 5 N–H and O–H groups in total. The first-order valence-electron chi connectivity index (χ1n) is 4.02. The Morgan fingerprint density at radius 2 is 1.75 bits per heavy atom. The minimum absolute atomic E-state index is 0.287. The molecule has 0 aromatic heterocycles. The highest BCUT2D eigenvalue weighted by molar-refractivity contribution is 7.46. The molecule has 0 radical (unpaired) electrons. The molecule has 4 atom stereocenters. The highest BCUT2D eigenvalue weighted by Gasteiger charge is 2.32. The number of alkyl halides is 1. The van der Waals surface area contributed by atoms with E-state index in [0.717, 1.165) is 0 Å². The van der Waals surface area contributed by atoms with Crippen LogP contribution in [0.4, 0.5) is 4.39 Å². The molecule has 0 heterocycles. The Morgan fingerprint density at radius 1 is 1.25 bits per heavy atom. The van der Waals surface area contributed by atoms with Crippen molar-refractivity contribution in [3.63, 3.8) is 0 Å². The normalized spacial score (nSPS) is 19.9. The molecule has 0 fully saturated rings. The van der Waals surface area contributed by atoms with E-state index in [9.17, 15) is 13.8 Å². The monoisotopic (exact) mass is 262 g/mol. The maximum absolute atomic E-state index is 12.5. The summed E-state index contributed by atoms with van der Waals surface area (Å²) in [7, 11) is -4.84. The number of hydrogen-bond acceptors (Lipinski definition) is 6. The van der Waals surface area contributed by atoms with Crippen LogP contribution in [0.25, 0.3) is 0 Å². The lowest BCUT2D eigenvalue weighted by molar-refractivity contribution is -0.127. The number of carbonyl (C=O) groups is 1. The number of halogens is 1. The number of phosphoric acid groups is 1. The van der Waals surface area contributed by atoms with Gasteiger partial charge in [0.15, 0.2) is 12.5 Å². The zero-order valence-corrected chi connectivity index (χ0v) is 8.77. The molecule has 0 saturated heterocycles. The molecule has 0 spiro atoms. The highest BCUT2D eigenvalue weighted by Crippen LogP contribution is 2.35. The van der Waals surface area contributed by atoms with Crippen LogP contribution in [0.2, 0.25) is 0 Å². The first kappa shape index (κ1) is 15.6. The smallest absolute Gasteiger partial charge is 0.388 e. The Bertz CT molecular complexity index is 267. The molecule has 0 amide bonds. The van der Waals surface area contributed by atoms with E-state index in [1.165, 1.54) is 0 Å².